The fraction of sp³-hybridized carbons (Fsp3) is 0.600. The number of β-amino-alcohol motifs (C(OH)–C–C–N with tert-alkyl or cyclic N) is 1. The molecule has 1 aliphatic rings. The third-order valence-electron chi connectivity index (χ3n) is 3.75. The fourth-order valence-electron chi connectivity index (χ4n) is 2.49. The summed E-state index contributed by atoms with van der Waals surface area (Å²) >= 11 is 0. The smallest absolute Gasteiger partial charge is 0.0841 e. The lowest BCUT2D eigenvalue weighted by atomic mass is 10.2. The Bertz CT molecular complexity index is 363. The van der Waals surface area contributed by atoms with E-state index in [4.69, 9.17) is 0 Å². The molecular formula is C15H25N3O. The van der Waals surface area contributed by atoms with E-state index < -0.39 is 0 Å². The zero-order valence-electron chi connectivity index (χ0n) is 12.0. The second-order valence-electron chi connectivity index (χ2n) is 5.47. The molecule has 1 heterocycles. The summed E-state index contributed by atoms with van der Waals surface area (Å²) in [6, 6.07) is 10.2. The number of para-hydroxylation sites is 1. The average molecular weight is 263 g/mol. The first kappa shape index (κ1) is 14.3. The minimum absolute atomic E-state index is 0.298. The molecule has 0 saturated carbocycles. The quantitative estimate of drug-likeness (QED) is 0.848. The number of piperazine rings is 1. The summed E-state index contributed by atoms with van der Waals surface area (Å²) < 4.78 is 0. The van der Waals surface area contributed by atoms with Crippen molar-refractivity contribution in [3.63, 3.8) is 0 Å². The molecule has 0 aromatic heterocycles. The fourth-order valence-corrected chi connectivity index (χ4v) is 2.49. The van der Waals surface area contributed by atoms with Crippen molar-refractivity contribution in [1.29, 1.82) is 0 Å². The van der Waals surface area contributed by atoms with Crippen molar-refractivity contribution < 1.29 is 5.11 Å². The molecule has 1 aromatic rings. The summed E-state index contributed by atoms with van der Waals surface area (Å²) in [7, 11) is 4.18. The van der Waals surface area contributed by atoms with Gasteiger partial charge in [0.05, 0.1) is 6.10 Å². The van der Waals surface area contributed by atoms with Gasteiger partial charge in [0.2, 0.25) is 0 Å². The Kier molecular flexibility index (Phi) is 5.19. The third kappa shape index (κ3) is 4.49. The van der Waals surface area contributed by atoms with Gasteiger partial charge < -0.3 is 14.9 Å². The monoisotopic (exact) mass is 263 g/mol. The van der Waals surface area contributed by atoms with Gasteiger partial charge >= 0.3 is 0 Å². The normalized spacial score (nSPS) is 19.3. The maximum atomic E-state index is 10.2. The topological polar surface area (TPSA) is 30.0 Å². The van der Waals surface area contributed by atoms with Gasteiger partial charge in [-0.1, -0.05) is 18.2 Å². The number of likely N-dealkylation sites (N-methyl/N-ethyl adjacent to an activating group) is 2. The van der Waals surface area contributed by atoms with Crippen LogP contribution >= 0.6 is 0 Å². The minimum atomic E-state index is -0.298. The van der Waals surface area contributed by atoms with E-state index in [0.717, 1.165) is 38.4 Å². The molecule has 1 unspecified atom stereocenters. The number of hydrogen-bond acceptors (Lipinski definition) is 4. The van der Waals surface area contributed by atoms with Gasteiger partial charge in [0.1, 0.15) is 0 Å². The van der Waals surface area contributed by atoms with Gasteiger partial charge in [-0.15, -0.1) is 0 Å². The molecule has 4 heteroatoms. The van der Waals surface area contributed by atoms with Crippen LogP contribution in [0.3, 0.4) is 0 Å². The SMILES string of the molecule is CN1CCN(CC(O)CN(C)c2ccccc2)CC1. The van der Waals surface area contributed by atoms with Crippen LogP contribution in [0, 0.1) is 0 Å². The van der Waals surface area contributed by atoms with E-state index in [9.17, 15) is 5.11 Å². The number of aliphatic hydroxyl groups is 1. The summed E-state index contributed by atoms with van der Waals surface area (Å²) in [6.07, 6.45) is -0.298. The number of rotatable bonds is 5. The van der Waals surface area contributed by atoms with Gasteiger partial charge in [0.25, 0.3) is 0 Å². The van der Waals surface area contributed by atoms with Crippen molar-refractivity contribution in [2.75, 3.05) is 58.3 Å². The highest BCUT2D eigenvalue weighted by molar-refractivity contribution is 5.45. The summed E-state index contributed by atoms with van der Waals surface area (Å²) in [5, 5.41) is 10.2. The Morgan fingerprint density at radius 2 is 1.79 bits per heavy atom. The van der Waals surface area contributed by atoms with E-state index in [0.29, 0.717) is 6.54 Å². The van der Waals surface area contributed by atoms with Crippen LogP contribution < -0.4 is 4.90 Å². The highest BCUT2D eigenvalue weighted by Gasteiger charge is 2.17. The third-order valence-corrected chi connectivity index (χ3v) is 3.75. The molecule has 0 radical (unpaired) electrons. The molecule has 1 atom stereocenters. The number of nitrogens with zero attached hydrogens (tertiary/aromatic N) is 3. The first-order valence-corrected chi connectivity index (χ1v) is 7.00. The van der Waals surface area contributed by atoms with Gasteiger partial charge in [0, 0.05) is 52.0 Å². The average Bonchev–Trinajstić information content (AvgIpc) is 2.42. The van der Waals surface area contributed by atoms with Gasteiger partial charge in [-0.2, -0.15) is 0 Å². The Labute approximate surface area is 116 Å². The molecule has 1 saturated heterocycles. The standard InChI is InChI=1S/C15H25N3O/c1-16-8-10-18(11-9-16)13-15(19)12-17(2)14-6-4-3-5-7-14/h3-7,15,19H,8-13H2,1-2H3. The van der Waals surface area contributed by atoms with Crippen LogP contribution in [0.15, 0.2) is 30.3 Å². The molecule has 4 nitrogen and oxygen atoms in total. The minimum Gasteiger partial charge on any atom is -0.390 e. The maximum absolute atomic E-state index is 10.2. The molecule has 1 N–H and O–H groups in total. The zero-order valence-corrected chi connectivity index (χ0v) is 12.0. The van der Waals surface area contributed by atoms with Crippen LogP contribution in [0.1, 0.15) is 0 Å². The van der Waals surface area contributed by atoms with Gasteiger partial charge in [-0.05, 0) is 19.2 Å². The lowest BCUT2D eigenvalue weighted by molar-refractivity contribution is 0.0843. The molecule has 2 rings (SSSR count). The molecule has 1 aliphatic heterocycles. The Balaban J connectivity index is 1.76. The predicted octanol–water partition coefficient (Wildman–Crippen LogP) is 0.731. The van der Waals surface area contributed by atoms with E-state index in [1.54, 1.807) is 0 Å². The largest absolute Gasteiger partial charge is 0.390 e. The van der Waals surface area contributed by atoms with Gasteiger partial charge in [0.15, 0.2) is 0 Å². The van der Waals surface area contributed by atoms with Crippen LogP contribution in [0.2, 0.25) is 0 Å². The van der Waals surface area contributed by atoms with Crippen LogP contribution in [0.5, 0.6) is 0 Å². The zero-order chi connectivity index (χ0) is 13.7. The molecule has 0 aliphatic carbocycles. The van der Waals surface area contributed by atoms with Gasteiger partial charge in [-0.3, -0.25) is 4.90 Å². The number of benzene rings is 1. The van der Waals surface area contributed by atoms with Crippen molar-refractivity contribution >= 4 is 5.69 Å². The first-order valence-electron chi connectivity index (χ1n) is 7.00. The molecule has 1 aromatic carbocycles. The summed E-state index contributed by atoms with van der Waals surface area (Å²) in [4.78, 5) is 6.79. The number of aliphatic hydroxyl groups excluding tert-OH is 1. The Hall–Kier alpha value is -1.10. The van der Waals surface area contributed by atoms with Crippen molar-refractivity contribution in [3.05, 3.63) is 30.3 Å². The van der Waals surface area contributed by atoms with Crippen molar-refractivity contribution in [1.82, 2.24) is 9.80 Å². The molecule has 0 bridgehead atoms. The van der Waals surface area contributed by atoms with Crippen LogP contribution in [-0.2, 0) is 0 Å². The summed E-state index contributed by atoms with van der Waals surface area (Å²) in [5.74, 6) is 0. The number of hydrogen-bond donors (Lipinski definition) is 1. The molecule has 106 valence electrons. The highest BCUT2D eigenvalue weighted by atomic mass is 16.3. The van der Waals surface area contributed by atoms with Crippen molar-refractivity contribution in [2.24, 2.45) is 0 Å². The lowest BCUT2D eigenvalue weighted by Gasteiger charge is -2.34. The summed E-state index contributed by atoms with van der Waals surface area (Å²) in [5.41, 5.74) is 1.15. The highest BCUT2D eigenvalue weighted by Crippen LogP contribution is 2.11. The molecule has 19 heavy (non-hydrogen) atoms. The summed E-state index contributed by atoms with van der Waals surface area (Å²) in [6.45, 7) is 5.76. The molecule has 0 amide bonds. The maximum Gasteiger partial charge on any atom is 0.0841 e. The second kappa shape index (κ2) is 6.89. The van der Waals surface area contributed by atoms with Crippen LogP contribution in [-0.4, -0.2) is 74.4 Å². The Morgan fingerprint density at radius 3 is 2.42 bits per heavy atom. The van der Waals surface area contributed by atoms with Crippen LogP contribution in [0.4, 0.5) is 5.69 Å². The van der Waals surface area contributed by atoms with E-state index in [1.165, 1.54) is 0 Å². The second-order valence-corrected chi connectivity index (χ2v) is 5.47. The van der Waals surface area contributed by atoms with Crippen LogP contribution in [0.25, 0.3) is 0 Å². The van der Waals surface area contributed by atoms with E-state index in [-0.39, 0.29) is 6.10 Å². The Morgan fingerprint density at radius 1 is 1.16 bits per heavy atom. The van der Waals surface area contributed by atoms with Gasteiger partial charge in [-0.25, -0.2) is 0 Å². The molecule has 1 fully saturated rings. The van der Waals surface area contributed by atoms with E-state index in [1.807, 2.05) is 25.2 Å². The van der Waals surface area contributed by atoms with Crippen molar-refractivity contribution in [2.45, 2.75) is 6.10 Å². The number of anilines is 1. The molecular weight excluding hydrogens is 238 g/mol. The molecule has 0 spiro atoms. The lowest BCUT2D eigenvalue weighted by Crippen LogP contribution is -2.48. The predicted molar refractivity (Wildman–Crippen MR) is 79.7 cm³/mol. The van der Waals surface area contributed by atoms with E-state index in [2.05, 4.69) is 33.9 Å². The van der Waals surface area contributed by atoms with Crippen molar-refractivity contribution in [3.8, 4) is 0 Å². The first-order chi connectivity index (χ1) is 9.15. The van der Waals surface area contributed by atoms with E-state index >= 15 is 0 Å².